The third-order valence-corrected chi connectivity index (χ3v) is 5.32. The molecule has 2 aromatic heterocycles. The van der Waals surface area contributed by atoms with Gasteiger partial charge in [0, 0.05) is 35.7 Å². The van der Waals surface area contributed by atoms with Gasteiger partial charge >= 0.3 is 0 Å². The number of aromatic nitrogens is 2. The molecule has 7 heteroatoms. The molecule has 4 rings (SSSR count). The lowest BCUT2D eigenvalue weighted by molar-refractivity contribution is 0.0943. The summed E-state index contributed by atoms with van der Waals surface area (Å²) in [4.78, 5) is 25.1. The van der Waals surface area contributed by atoms with Crippen LogP contribution in [0.4, 0.5) is 0 Å². The van der Waals surface area contributed by atoms with E-state index in [2.05, 4.69) is 15.7 Å². The van der Waals surface area contributed by atoms with Crippen LogP contribution in [0.5, 0.6) is 0 Å². The average molecular weight is 340 g/mol. The number of thiophene rings is 1. The van der Waals surface area contributed by atoms with Crippen molar-refractivity contribution in [1.29, 1.82) is 0 Å². The van der Waals surface area contributed by atoms with E-state index in [1.807, 2.05) is 30.5 Å². The number of nitrogens with zero attached hydrogens (tertiary/aromatic N) is 2. The molecular weight excluding hydrogens is 324 g/mol. The number of carbonyl (C=O) groups is 2. The highest BCUT2D eigenvalue weighted by atomic mass is 32.1. The first-order valence-electron chi connectivity index (χ1n) is 7.81. The Labute approximate surface area is 142 Å². The van der Waals surface area contributed by atoms with Gasteiger partial charge in [0.15, 0.2) is 0 Å². The molecule has 2 amide bonds. The van der Waals surface area contributed by atoms with Gasteiger partial charge in [-0.1, -0.05) is 0 Å². The number of carbonyl (C=O) groups excluding carboxylic acids is 2. The van der Waals surface area contributed by atoms with Crippen molar-refractivity contribution in [1.82, 2.24) is 20.4 Å². The molecule has 0 saturated carbocycles. The molecule has 0 atom stereocenters. The normalized spacial score (nSPS) is 13.6. The van der Waals surface area contributed by atoms with Gasteiger partial charge in [-0.05, 0) is 41.6 Å². The minimum absolute atomic E-state index is 0.0114. The van der Waals surface area contributed by atoms with Crippen LogP contribution in [0, 0.1) is 0 Å². The zero-order valence-electron chi connectivity index (χ0n) is 12.9. The first-order valence-corrected chi connectivity index (χ1v) is 8.63. The first kappa shape index (κ1) is 14.9. The van der Waals surface area contributed by atoms with E-state index in [-0.39, 0.29) is 11.8 Å². The Morgan fingerprint density at radius 2 is 2.33 bits per heavy atom. The molecule has 122 valence electrons. The summed E-state index contributed by atoms with van der Waals surface area (Å²) in [6.45, 7) is 1.80. The number of hydrogen-bond acceptors (Lipinski definition) is 4. The van der Waals surface area contributed by atoms with Crippen LogP contribution in [0.2, 0.25) is 0 Å². The van der Waals surface area contributed by atoms with Crippen molar-refractivity contribution in [3.8, 4) is 0 Å². The largest absolute Gasteiger partial charge is 0.351 e. The average Bonchev–Trinajstić information content (AvgIpc) is 3.22. The highest BCUT2D eigenvalue weighted by Crippen LogP contribution is 2.33. The number of amides is 2. The quantitative estimate of drug-likeness (QED) is 0.760. The van der Waals surface area contributed by atoms with Crippen molar-refractivity contribution in [3.63, 3.8) is 0 Å². The number of fused-ring (bicyclic) bond motifs is 3. The maximum absolute atomic E-state index is 12.4. The molecule has 2 N–H and O–H groups in total. The Balaban J connectivity index is 1.53. The third kappa shape index (κ3) is 2.67. The van der Waals surface area contributed by atoms with E-state index in [0.717, 1.165) is 26.9 Å². The summed E-state index contributed by atoms with van der Waals surface area (Å²) in [7, 11) is 0. The molecule has 0 fully saturated rings. The molecular formula is C17H16N4O2S. The van der Waals surface area contributed by atoms with E-state index < -0.39 is 0 Å². The molecule has 1 aliphatic heterocycles. The lowest BCUT2D eigenvalue weighted by Crippen LogP contribution is -2.30. The molecule has 3 heterocycles. The number of rotatable bonds is 4. The monoisotopic (exact) mass is 340 g/mol. The second-order valence-electron chi connectivity index (χ2n) is 5.65. The summed E-state index contributed by atoms with van der Waals surface area (Å²) in [5, 5.41) is 10.9. The molecule has 24 heavy (non-hydrogen) atoms. The second kappa shape index (κ2) is 6.09. The number of nitrogens with one attached hydrogen (secondary N) is 2. The molecule has 1 aromatic carbocycles. The van der Waals surface area contributed by atoms with Crippen molar-refractivity contribution in [2.45, 2.75) is 13.0 Å². The first-order chi connectivity index (χ1) is 11.7. The van der Waals surface area contributed by atoms with Crippen molar-refractivity contribution < 1.29 is 9.59 Å². The summed E-state index contributed by atoms with van der Waals surface area (Å²) in [6.07, 6.45) is 4.39. The Kier molecular flexibility index (Phi) is 3.78. The van der Waals surface area contributed by atoms with E-state index in [4.69, 9.17) is 0 Å². The van der Waals surface area contributed by atoms with Crippen LogP contribution >= 0.6 is 11.3 Å². The van der Waals surface area contributed by atoms with Gasteiger partial charge in [0.1, 0.15) is 0 Å². The van der Waals surface area contributed by atoms with Gasteiger partial charge in [-0.25, -0.2) is 0 Å². The Morgan fingerprint density at radius 1 is 1.42 bits per heavy atom. The van der Waals surface area contributed by atoms with Crippen LogP contribution in [-0.2, 0) is 13.0 Å². The summed E-state index contributed by atoms with van der Waals surface area (Å²) in [5.41, 5.74) is 1.68. The van der Waals surface area contributed by atoms with Gasteiger partial charge in [0.25, 0.3) is 11.8 Å². The van der Waals surface area contributed by atoms with E-state index in [1.165, 1.54) is 11.3 Å². The Morgan fingerprint density at radius 3 is 3.17 bits per heavy atom. The summed E-state index contributed by atoms with van der Waals surface area (Å²) in [6, 6.07) is 7.48. The van der Waals surface area contributed by atoms with Crippen molar-refractivity contribution in [2.75, 3.05) is 13.1 Å². The zero-order valence-corrected chi connectivity index (χ0v) is 13.7. The molecule has 0 aliphatic carbocycles. The summed E-state index contributed by atoms with van der Waals surface area (Å²) < 4.78 is 2.82. The minimum Gasteiger partial charge on any atom is -0.351 e. The topological polar surface area (TPSA) is 76.0 Å². The van der Waals surface area contributed by atoms with Gasteiger partial charge in [0.2, 0.25) is 0 Å². The Hall–Kier alpha value is -2.67. The summed E-state index contributed by atoms with van der Waals surface area (Å²) >= 11 is 1.49. The van der Waals surface area contributed by atoms with Crippen LogP contribution in [0.25, 0.3) is 10.1 Å². The van der Waals surface area contributed by atoms with Crippen molar-refractivity contribution in [2.24, 2.45) is 0 Å². The van der Waals surface area contributed by atoms with Gasteiger partial charge in [-0.2, -0.15) is 5.10 Å². The van der Waals surface area contributed by atoms with E-state index in [0.29, 0.717) is 25.2 Å². The van der Waals surface area contributed by atoms with Crippen molar-refractivity contribution >= 4 is 33.2 Å². The van der Waals surface area contributed by atoms with Crippen LogP contribution < -0.4 is 10.6 Å². The highest BCUT2D eigenvalue weighted by molar-refractivity contribution is 7.21. The van der Waals surface area contributed by atoms with Crippen molar-refractivity contribution in [3.05, 3.63) is 52.7 Å². The van der Waals surface area contributed by atoms with E-state index in [9.17, 15) is 9.59 Å². The van der Waals surface area contributed by atoms with Crippen LogP contribution in [0.1, 0.15) is 25.6 Å². The van der Waals surface area contributed by atoms with Gasteiger partial charge in [0.05, 0.1) is 11.4 Å². The highest BCUT2D eigenvalue weighted by Gasteiger charge is 2.22. The molecule has 0 unspecified atom stereocenters. The van der Waals surface area contributed by atoms with Gasteiger partial charge in [-0.15, -0.1) is 11.3 Å². The zero-order chi connectivity index (χ0) is 16.5. The fourth-order valence-electron chi connectivity index (χ4n) is 2.92. The number of benzene rings is 1. The van der Waals surface area contributed by atoms with E-state index in [1.54, 1.807) is 10.9 Å². The third-order valence-electron chi connectivity index (χ3n) is 4.11. The predicted octanol–water partition coefficient (Wildman–Crippen LogP) is 1.81. The summed E-state index contributed by atoms with van der Waals surface area (Å²) in [5.74, 6) is -0.119. The maximum Gasteiger partial charge on any atom is 0.261 e. The lowest BCUT2D eigenvalue weighted by Gasteiger charge is -2.12. The van der Waals surface area contributed by atoms with Crippen LogP contribution in [0.15, 0.2) is 36.7 Å². The van der Waals surface area contributed by atoms with Gasteiger partial charge in [-0.3, -0.25) is 14.3 Å². The second-order valence-corrected chi connectivity index (χ2v) is 6.70. The molecule has 3 aromatic rings. The molecule has 1 aliphatic rings. The molecule has 0 saturated heterocycles. The van der Waals surface area contributed by atoms with Gasteiger partial charge < -0.3 is 10.6 Å². The molecule has 0 spiro atoms. The smallest absolute Gasteiger partial charge is 0.261 e. The standard InChI is InChI=1S/C17H16N4O2S/c22-16(19-7-9-21-8-1-5-20-21)11-2-3-14-13(10-11)12-4-6-18-17(23)15(12)24-14/h1-3,5,8,10H,4,6-7,9H2,(H,18,23)(H,19,22). The minimum atomic E-state index is -0.107. The predicted molar refractivity (Wildman–Crippen MR) is 92.4 cm³/mol. The number of hydrogen-bond donors (Lipinski definition) is 2. The fourth-order valence-corrected chi connectivity index (χ4v) is 4.07. The molecule has 0 bridgehead atoms. The SMILES string of the molecule is O=C(NCCn1cccn1)c1ccc2sc3c(c2c1)CCNC3=O. The Bertz CT molecular complexity index is 914. The molecule has 0 radical (unpaired) electrons. The lowest BCUT2D eigenvalue weighted by atomic mass is 10.0. The maximum atomic E-state index is 12.4. The fraction of sp³-hybridized carbons (Fsp3) is 0.235. The molecule has 6 nitrogen and oxygen atoms in total. The van der Waals surface area contributed by atoms with Crippen LogP contribution in [0.3, 0.4) is 0 Å². The van der Waals surface area contributed by atoms with Crippen LogP contribution in [-0.4, -0.2) is 34.7 Å². The van der Waals surface area contributed by atoms with E-state index >= 15 is 0 Å².